The van der Waals surface area contributed by atoms with Crippen molar-refractivity contribution in [2.75, 3.05) is 46.8 Å². The standard InChI is InChI=1S/C14H24N6O4S/c1-15-13(21)3-5-17-14(16-2)19-6-8-20(9-7-19)25(22,23)11-12-4-10-24-18-12/h4,10H,3,5-9,11H2,1-2H3,(H,15,21)(H,16,17). The van der Waals surface area contributed by atoms with Gasteiger partial charge >= 0.3 is 0 Å². The van der Waals surface area contributed by atoms with Gasteiger partial charge in [0, 0.05) is 59.3 Å². The van der Waals surface area contributed by atoms with Crippen LogP contribution in [-0.4, -0.2) is 81.5 Å². The fourth-order valence-corrected chi connectivity index (χ4v) is 3.94. The van der Waals surface area contributed by atoms with E-state index in [1.54, 1.807) is 20.2 Å². The predicted molar refractivity (Wildman–Crippen MR) is 92.3 cm³/mol. The molecule has 2 N–H and O–H groups in total. The third-order valence-corrected chi connectivity index (χ3v) is 5.69. The van der Waals surface area contributed by atoms with E-state index in [0.29, 0.717) is 50.8 Å². The van der Waals surface area contributed by atoms with E-state index < -0.39 is 10.0 Å². The van der Waals surface area contributed by atoms with Gasteiger partial charge in [-0.2, -0.15) is 4.31 Å². The molecule has 1 aliphatic heterocycles. The van der Waals surface area contributed by atoms with Crippen molar-refractivity contribution in [2.45, 2.75) is 12.2 Å². The molecule has 1 aromatic heterocycles. The van der Waals surface area contributed by atoms with Crippen LogP contribution in [0.15, 0.2) is 21.8 Å². The molecule has 25 heavy (non-hydrogen) atoms. The zero-order chi connectivity index (χ0) is 18.3. The maximum absolute atomic E-state index is 12.4. The first-order valence-corrected chi connectivity index (χ1v) is 9.60. The highest BCUT2D eigenvalue weighted by atomic mass is 32.2. The average Bonchev–Trinajstić information content (AvgIpc) is 3.11. The monoisotopic (exact) mass is 372 g/mol. The van der Waals surface area contributed by atoms with Gasteiger partial charge in [0.1, 0.15) is 12.0 Å². The Bertz CT molecular complexity index is 680. The highest BCUT2D eigenvalue weighted by molar-refractivity contribution is 7.88. The van der Waals surface area contributed by atoms with Crippen LogP contribution >= 0.6 is 0 Å². The second-order valence-electron chi connectivity index (χ2n) is 5.53. The number of rotatable bonds is 6. The van der Waals surface area contributed by atoms with Gasteiger partial charge in [-0.05, 0) is 0 Å². The van der Waals surface area contributed by atoms with Gasteiger partial charge in [0.15, 0.2) is 5.96 Å². The summed E-state index contributed by atoms with van der Waals surface area (Å²) in [5.41, 5.74) is 0.397. The SMILES string of the molecule is CN=C(NCCC(=O)NC)N1CCN(S(=O)(=O)Cc2ccon2)CC1. The summed E-state index contributed by atoms with van der Waals surface area (Å²) < 4.78 is 31.0. The second kappa shape index (κ2) is 8.81. The maximum Gasteiger partial charge on any atom is 0.221 e. The number of guanidine groups is 1. The molecule has 0 aliphatic carbocycles. The summed E-state index contributed by atoms with van der Waals surface area (Å²) in [6.45, 7) is 2.26. The molecule has 0 saturated carbocycles. The van der Waals surface area contributed by atoms with Crippen LogP contribution in [0.1, 0.15) is 12.1 Å². The lowest BCUT2D eigenvalue weighted by Gasteiger charge is -2.35. The number of sulfonamides is 1. The molecular weight excluding hydrogens is 348 g/mol. The molecule has 2 heterocycles. The average molecular weight is 372 g/mol. The summed E-state index contributed by atoms with van der Waals surface area (Å²) in [6, 6.07) is 1.55. The lowest BCUT2D eigenvalue weighted by atomic mass is 10.3. The molecule has 0 spiro atoms. The normalized spacial score (nSPS) is 16.7. The van der Waals surface area contributed by atoms with Crippen molar-refractivity contribution < 1.29 is 17.7 Å². The minimum Gasteiger partial charge on any atom is -0.364 e. The molecule has 1 saturated heterocycles. The second-order valence-corrected chi connectivity index (χ2v) is 7.50. The molecule has 11 heteroatoms. The fourth-order valence-electron chi connectivity index (χ4n) is 2.51. The van der Waals surface area contributed by atoms with Crippen LogP contribution < -0.4 is 10.6 Å². The van der Waals surface area contributed by atoms with Gasteiger partial charge in [0.25, 0.3) is 0 Å². The van der Waals surface area contributed by atoms with E-state index in [4.69, 9.17) is 0 Å². The van der Waals surface area contributed by atoms with Crippen LogP contribution in [0.3, 0.4) is 0 Å². The number of carbonyl (C=O) groups is 1. The Kier molecular flexibility index (Phi) is 6.76. The molecular formula is C14H24N6O4S. The number of aromatic nitrogens is 1. The molecule has 0 bridgehead atoms. The van der Waals surface area contributed by atoms with Gasteiger partial charge in [-0.3, -0.25) is 9.79 Å². The molecule has 2 rings (SSSR count). The van der Waals surface area contributed by atoms with E-state index >= 15 is 0 Å². The Hall–Kier alpha value is -2.14. The number of hydrogen-bond acceptors (Lipinski definition) is 6. The van der Waals surface area contributed by atoms with Crippen LogP contribution in [0.25, 0.3) is 0 Å². The van der Waals surface area contributed by atoms with Crippen LogP contribution in [0, 0.1) is 0 Å². The lowest BCUT2D eigenvalue weighted by Crippen LogP contribution is -2.54. The predicted octanol–water partition coefficient (Wildman–Crippen LogP) is -1.17. The summed E-state index contributed by atoms with van der Waals surface area (Å²) in [7, 11) is -0.167. The number of amides is 1. The minimum atomic E-state index is -3.42. The van der Waals surface area contributed by atoms with Gasteiger partial charge in [-0.15, -0.1) is 0 Å². The Morgan fingerprint density at radius 2 is 2.08 bits per heavy atom. The molecule has 1 aromatic rings. The van der Waals surface area contributed by atoms with Gasteiger partial charge in [-0.25, -0.2) is 8.42 Å². The van der Waals surface area contributed by atoms with E-state index in [0.717, 1.165) is 0 Å². The zero-order valence-corrected chi connectivity index (χ0v) is 15.3. The van der Waals surface area contributed by atoms with Gasteiger partial charge in [-0.1, -0.05) is 5.16 Å². The molecule has 0 aromatic carbocycles. The zero-order valence-electron chi connectivity index (χ0n) is 14.4. The van der Waals surface area contributed by atoms with Crippen molar-refractivity contribution in [1.29, 1.82) is 0 Å². The summed E-state index contributed by atoms with van der Waals surface area (Å²) in [6.07, 6.45) is 1.71. The first kappa shape index (κ1) is 19.2. The van der Waals surface area contributed by atoms with Crippen LogP contribution in [0.2, 0.25) is 0 Å². The van der Waals surface area contributed by atoms with Crippen molar-refractivity contribution >= 4 is 21.9 Å². The number of piperazine rings is 1. The van der Waals surface area contributed by atoms with Crippen LogP contribution in [0.4, 0.5) is 0 Å². The number of carbonyl (C=O) groups excluding carboxylic acids is 1. The maximum atomic E-state index is 12.4. The number of nitrogens with one attached hydrogen (secondary N) is 2. The van der Waals surface area contributed by atoms with E-state index in [1.807, 2.05) is 4.90 Å². The topological polar surface area (TPSA) is 120 Å². The quantitative estimate of drug-likeness (QED) is 0.477. The van der Waals surface area contributed by atoms with E-state index in [2.05, 4.69) is 25.3 Å². The van der Waals surface area contributed by atoms with Crippen molar-refractivity contribution in [1.82, 2.24) is 25.0 Å². The Balaban J connectivity index is 1.84. The first-order chi connectivity index (χ1) is 12.0. The fraction of sp³-hybridized carbons (Fsp3) is 0.643. The molecule has 1 fully saturated rings. The third kappa shape index (κ3) is 5.43. The largest absolute Gasteiger partial charge is 0.364 e. The van der Waals surface area contributed by atoms with Crippen molar-refractivity contribution in [3.05, 3.63) is 18.0 Å². The van der Waals surface area contributed by atoms with Crippen molar-refractivity contribution in [3.8, 4) is 0 Å². The van der Waals surface area contributed by atoms with Gasteiger partial charge in [0.2, 0.25) is 15.9 Å². The van der Waals surface area contributed by atoms with E-state index in [1.165, 1.54) is 10.6 Å². The molecule has 1 aliphatic rings. The van der Waals surface area contributed by atoms with Crippen molar-refractivity contribution in [3.63, 3.8) is 0 Å². The smallest absolute Gasteiger partial charge is 0.221 e. The third-order valence-electron chi connectivity index (χ3n) is 3.88. The number of nitrogens with zero attached hydrogens (tertiary/aromatic N) is 4. The highest BCUT2D eigenvalue weighted by Gasteiger charge is 2.28. The van der Waals surface area contributed by atoms with Gasteiger partial charge in [0.05, 0.1) is 5.69 Å². The molecule has 1 amide bonds. The summed E-state index contributed by atoms with van der Waals surface area (Å²) in [5, 5.41) is 9.33. The summed E-state index contributed by atoms with van der Waals surface area (Å²) in [4.78, 5) is 17.4. The Morgan fingerprint density at radius 3 is 2.64 bits per heavy atom. The molecule has 0 radical (unpaired) electrons. The summed E-state index contributed by atoms with van der Waals surface area (Å²) in [5.74, 6) is 0.451. The van der Waals surface area contributed by atoms with Crippen LogP contribution in [-0.2, 0) is 20.6 Å². The van der Waals surface area contributed by atoms with Crippen molar-refractivity contribution in [2.24, 2.45) is 4.99 Å². The Labute approximate surface area is 147 Å². The van der Waals surface area contributed by atoms with Crippen LogP contribution in [0.5, 0.6) is 0 Å². The van der Waals surface area contributed by atoms with E-state index in [9.17, 15) is 13.2 Å². The number of aliphatic imine (C=N–C) groups is 1. The molecule has 0 atom stereocenters. The van der Waals surface area contributed by atoms with Gasteiger partial charge < -0.3 is 20.1 Å². The molecule has 10 nitrogen and oxygen atoms in total. The highest BCUT2D eigenvalue weighted by Crippen LogP contribution is 2.12. The molecule has 0 unspecified atom stereocenters. The summed E-state index contributed by atoms with van der Waals surface area (Å²) >= 11 is 0. The van der Waals surface area contributed by atoms with E-state index in [-0.39, 0.29) is 11.7 Å². The molecule has 140 valence electrons. The minimum absolute atomic E-state index is 0.0493. The number of hydrogen-bond donors (Lipinski definition) is 2. The lowest BCUT2D eigenvalue weighted by molar-refractivity contribution is -0.120. The Morgan fingerprint density at radius 1 is 1.36 bits per heavy atom. The first-order valence-electron chi connectivity index (χ1n) is 7.99.